The molecular formula is C12H15IN6O2. The van der Waals surface area contributed by atoms with Gasteiger partial charge in [0, 0.05) is 37.0 Å². The number of amides is 1. The second-order valence-electron chi connectivity index (χ2n) is 4.51. The van der Waals surface area contributed by atoms with E-state index >= 15 is 0 Å². The van der Waals surface area contributed by atoms with Gasteiger partial charge in [0.15, 0.2) is 5.82 Å². The molecule has 9 heteroatoms. The number of carbonyl (C=O) groups is 1. The molecule has 0 aliphatic rings. The molecule has 0 bridgehead atoms. The minimum absolute atomic E-state index is 0.315. The molecule has 0 saturated carbocycles. The summed E-state index contributed by atoms with van der Waals surface area (Å²) in [7, 11) is 3.77. The molecule has 112 valence electrons. The van der Waals surface area contributed by atoms with Crippen molar-refractivity contribution in [1.29, 1.82) is 0 Å². The van der Waals surface area contributed by atoms with Gasteiger partial charge in [-0.3, -0.25) is 0 Å². The number of halogens is 1. The Hall–Kier alpha value is -1.91. The summed E-state index contributed by atoms with van der Waals surface area (Å²) in [5.74, 6) is 0.600. The van der Waals surface area contributed by atoms with Gasteiger partial charge in [-0.1, -0.05) is 0 Å². The Morgan fingerprint density at radius 2 is 2.33 bits per heavy atom. The van der Waals surface area contributed by atoms with Crippen LogP contribution in [0.5, 0.6) is 0 Å². The number of nitrogens with zero attached hydrogens (tertiary/aromatic N) is 5. The molecule has 2 aromatic rings. The van der Waals surface area contributed by atoms with E-state index in [-0.39, 0.29) is 0 Å². The first-order valence-electron chi connectivity index (χ1n) is 6.16. The van der Waals surface area contributed by atoms with Crippen LogP contribution in [0.3, 0.4) is 0 Å². The number of rotatable bonds is 5. The molecule has 2 rings (SSSR count). The van der Waals surface area contributed by atoms with Gasteiger partial charge >= 0.3 is 6.09 Å². The monoisotopic (exact) mass is 402 g/mol. The molecule has 0 spiro atoms. The third-order valence-corrected chi connectivity index (χ3v) is 3.45. The predicted octanol–water partition coefficient (Wildman–Crippen LogP) is 1.52. The van der Waals surface area contributed by atoms with Crippen LogP contribution in [0.15, 0.2) is 17.5 Å². The van der Waals surface area contributed by atoms with Crippen LogP contribution in [-0.4, -0.2) is 57.6 Å². The van der Waals surface area contributed by atoms with Crippen LogP contribution in [0.1, 0.15) is 0 Å². The van der Waals surface area contributed by atoms with Gasteiger partial charge in [-0.15, -0.1) is 0 Å². The van der Waals surface area contributed by atoms with Gasteiger partial charge in [0.25, 0.3) is 0 Å². The van der Waals surface area contributed by atoms with Gasteiger partial charge in [0.2, 0.25) is 0 Å². The Morgan fingerprint density at radius 1 is 1.57 bits per heavy atom. The third-order valence-electron chi connectivity index (χ3n) is 2.63. The number of aliphatic imine (C=N–C) groups is 1. The van der Waals surface area contributed by atoms with Crippen molar-refractivity contribution in [3.05, 3.63) is 16.1 Å². The Bertz CT molecular complexity index is 682. The van der Waals surface area contributed by atoms with Crippen molar-refractivity contribution in [2.45, 2.75) is 6.54 Å². The van der Waals surface area contributed by atoms with E-state index in [1.165, 1.54) is 6.33 Å². The maximum absolute atomic E-state index is 10.5. The topological polar surface area (TPSA) is 95.6 Å². The van der Waals surface area contributed by atoms with Gasteiger partial charge in [-0.2, -0.15) is 0 Å². The summed E-state index contributed by atoms with van der Waals surface area (Å²) >= 11 is 2.20. The summed E-state index contributed by atoms with van der Waals surface area (Å²) in [5, 5.41) is 11.8. The lowest BCUT2D eigenvalue weighted by molar-refractivity contribution is 0.194. The van der Waals surface area contributed by atoms with Crippen molar-refractivity contribution in [2.24, 2.45) is 4.99 Å². The summed E-state index contributed by atoms with van der Waals surface area (Å²) in [6.07, 6.45) is 4.02. The third kappa shape index (κ3) is 3.80. The zero-order chi connectivity index (χ0) is 15.4. The summed E-state index contributed by atoms with van der Waals surface area (Å²) in [5.41, 5.74) is 0.743. The van der Waals surface area contributed by atoms with Crippen LogP contribution in [0, 0.1) is 3.57 Å². The number of carboxylic acid groups (broad SMARTS) is 1. The van der Waals surface area contributed by atoms with Crippen LogP contribution in [0.4, 0.5) is 10.6 Å². The molecule has 8 nitrogen and oxygen atoms in total. The Kier molecular flexibility index (Phi) is 4.94. The fraction of sp³-hybridized carbons (Fsp3) is 0.333. The minimum atomic E-state index is -1.04. The zero-order valence-corrected chi connectivity index (χ0v) is 13.8. The number of nitrogens with one attached hydrogen (secondary N) is 1. The van der Waals surface area contributed by atoms with Gasteiger partial charge in [-0.25, -0.2) is 19.8 Å². The molecule has 0 aliphatic heterocycles. The van der Waals surface area contributed by atoms with Crippen LogP contribution >= 0.6 is 22.6 Å². The summed E-state index contributed by atoms with van der Waals surface area (Å²) in [4.78, 5) is 25.1. The molecule has 0 saturated heterocycles. The summed E-state index contributed by atoms with van der Waals surface area (Å²) in [6, 6.07) is 0. The highest BCUT2D eigenvalue weighted by Crippen LogP contribution is 2.28. The van der Waals surface area contributed by atoms with Crippen molar-refractivity contribution < 1.29 is 9.90 Å². The molecule has 2 aromatic heterocycles. The van der Waals surface area contributed by atoms with Gasteiger partial charge in [0.1, 0.15) is 12.0 Å². The normalized spacial score (nSPS) is 11.2. The molecule has 0 radical (unpaired) electrons. The number of hydrogen-bond donors (Lipinski definition) is 2. The molecule has 0 atom stereocenters. The highest BCUT2D eigenvalue weighted by atomic mass is 127. The first kappa shape index (κ1) is 15.5. The predicted molar refractivity (Wildman–Crippen MR) is 88.1 cm³/mol. The first-order chi connectivity index (χ1) is 9.99. The van der Waals surface area contributed by atoms with Crippen LogP contribution in [0.2, 0.25) is 0 Å². The Balaban J connectivity index is 2.34. The highest BCUT2D eigenvalue weighted by molar-refractivity contribution is 14.1. The van der Waals surface area contributed by atoms with Crippen molar-refractivity contribution in [3.63, 3.8) is 0 Å². The Labute approximate surface area is 135 Å². The molecule has 21 heavy (non-hydrogen) atoms. The maximum atomic E-state index is 10.5. The molecule has 2 N–H and O–H groups in total. The fourth-order valence-corrected chi connectivity index (χ4v) is 2.60. The number of fused-ring (bicyclic) bond motifs is 1. The van der Waals surface area contributed by atoms with E-state index in [4.69, 9.17) is 5.11 Å². The van der Waals surface area contributed by atoms with E-state index in [9.17, 15) is 4.79 Å². The zero-order valence-electron chi connectivity index (χ0n) is 11.6. The smallest absolute Gasteiger partial charge is 0.404 e. The maximum Gasteiger partial charge on any atom is 0.404 e. The molecule has 0 fully saturated rings. The SMILES string of the molecule is CN(C)C=Nc1ncnc2c1c(I)cn2CCNC(=O)O. The number of aromatic nitrogens is 3. The molecular weight excluding hydrogens is 387 g/mol. The number of hydrogen-bond acceptors (Lipinski definition) is 4. The lowest BCUT2D eigenvalue weighted by Crippen LogP contribution is -2.25. The fourth-order valence-electron chi connectivity index (χ4n) is 1.78. The molecule has 1 amide bonds. The largest absolute Gasteiger partial charge is 0.465 e. The lowest BCUT2D eigenvalue weighted by atomic mass is 10.4. The van der Waals surface area contributed by atoms with Crippen molar-refractivity contribution in [1.82, 2.24) is 24.8 Å². The average molecular weight is 402 g/mol. The van der Waals surface area contributed by atoms with E-state index in [1.807, 2.05) is 29.8 Å². The van der Waals surface area contributed by atoms with Crippen molar-refractivity contribution >= 4 is 51.9 Å². The lowest BCUT2D eigenvalue weighted by Gasteiger charge is -2.05. The highest BCUT2D eigenvalue weighted by Gasteiger charge is 2.12. The summed E-state index contributed by atoms with van der Waals surface area (Å²) in [6.45, 7) is 0.815. The molecule has 0 unspecified atom stereocenters. The second-order valence-corrected chi connectivity index (χ2v) is 5.67. The quantitative estimate of drug-likeness (QED) is 0.449. The van der Waals surface area contributed by atoms with Gasteiger partial charge in [0.05, 0.1) is 11.7 Å². The van der Waals surface area contributed by atoms with E-state index < -0.39 is 6.09 Å². The standard InChI is InChI=1S/C12H15IN6O2/c1-18(2)7-17-10-9-8(13)5-19(4-3-14-12(20)21)11(9)16-6-15-10/h5-7,14H,3-4H2,1-2H3,(H,20,21). The molecule has 0 aliphatic carbocycles. The van der Waals surface area contributed by atoms with Crippen LogP contribution in [-0.2, 0) is 6.54 Å². The van der Waals surface area contributed by atoms with Crippen molar-refractivity contribution in [3.8, 4) is 0 Å². The van der Waals surface area contributed by atoms with Crippen LogP contribution in [0.25, 0.3) is 11.0 Å². The molecule has 0 aromatic carbocycles. The van der Waals surface area contributed by atoms with Crippen LogP contribution < -0.4 is 5.32 Å². The van der Waals surface area contributed by atoms with E-state index in [2.05, 4.69) is 42.9 Å². The summed E-state index contributed by atoms with van der Waals surface area (Å²) < 4.78 is 2.87. The Morgan fingerprint density at radius 3 is 3.00 bits per heavy atom. The molecule has 2 heterocycles. The van der Waals surface area contributed by atoms with E-state index in [0.717, 1.165) is 14.6 Å². The van der Waals surface area contributed by atoms with Crippen molar-refractivity contribution in [2.75, 3.05) is 20.6 Å². The van der Waals surface area contributed by atoms with E-state index in [1.54, 1.807) is 6.34 Å². The second kappa shape index (κ2) is 6.70. The van der Waals surface area contributed by atoms with Gasteiger partial charge < -0.3 is 19.9 Å². The minimum Gasteiger partial charge on any atom is -0.465 e. The van der Waals surface area contributed by atoms with Gasteiger partial charge in [-0.05, 0) is 22.6 Å². The van der Waals surface area contributed by atoms with E-state index in [0.29, 0.717) is 18.9 Å². The first-order valence-corrected chi connectivity index (χ1v) is 7.23. The average Bonchev–Trinajstić information content (AvgIpc) is 2.74.